The quantitative estimate of drug-likeness (QED) is 0.548. The first-order chi connectivity index (χ1) is 16.5. The summed E-state index contributed by atoms with van der Waals surface area (Å²) in [7, 11) is 0. The number of aryl methyl sites for hydroxylation is 1. The fourth-order valence-electron chi connectivity index (χ4n) is 4.62. The monoisotopic (exact) mass is 473 g/mol. The molecule has 0 saturated carbocycles. The van der Waals surface area contributed by atoms with Crippen molar-refractivity contribution in [1.82, 2.24) is 20.2 Å². The zero-order valence-corrected chi connectivity index (χ0v) is 20.2. The van der Waals surface area contributed by atoms with Gasteiger partial charge in [0.05, 0.1) is 10.4 Å². The van der Waals surface area contributed by atoms with E-state index in [0.29, 0.717) is 10.7 Å². The molecule has 174 valence electrons. The summed E-state index contributed by atoms with van der Waals surface area (Å²) in [4.78, 5) is 37.8. The Morgan fingerprint density at radius 2 is 1.94 bits per heavy atom. The van der Waals surface area contributed by atoms with Crippen LogP contribution in [0.2, 0.25) is 0 Å². The summed E-state index contributed by atoms with van der Waals surface area (Å²) < 4.78 is 0. The number of benzene rings is 2. The molecule has 0 bridgehead atoms. The van der Waals surface area contributed by atoms with E-state index in [0.717, 1.165) is 60.0 Å². The number of hydrogen-bond donors (Lipinski definition) is 1. The highest BCUT2D eigenvalue weighted by atomic mass is 32.2. The van der Waals surface area contributed by atoms with Crippen LogP contribution in [0.15, 0.2) is 47.5 Å². The maximum atomic E-state index is 11.9. The van der Waals surface area contributed by atoms with E-state index in [1.807, 2.05) is 12.1 Å². The number of rotatable bonds is 5. The molecule has 7 nitrogen and oxygen atoms in total. The van der Waals surface area contributed by atoms with E-state index in [-0.39, 0.29) is 5.24 Å². The smallest absolute Gasteiger partial charge is 0.290 e. The molecule has 0 spiro atoms. The lowest BCUT2D eigenvalue weighted by Crippen LogP contribution is -2.46. The van der Waals surface area contributed by atoms with Gasteiger partial charge in [0, 0.05) is 55.1 Å². The number of hydrogen-bond acceptors (Lipinski definition) is 7. The second-order valence-electron chi connectivity index (χ2n) is 8.65. The molecule has 0 aliphatic carbocycles. The van der Waals surface area contributed by atoms with Crippen molar-refractivity contribution in [2.45, 2.75) is 20.3 Å². The normalized spacial score (nSPS) is 18.2. The van der Waals surface area contributed by atoms with Gasteiger partial charge in [0.25, 0.3) is 11.1 Å². The number of amides is 2. The number of nitrogens with zero attached hydrogens (tertiary/aromatic N) is 4. The summed E-state index contributed by atoms with van der Waals surface area (Å²) in [5.74, 6) is -0.000634. The molecule has 1 aromatic heterocycles. The van der Waals surface area contributed by atoms with Crippen LogP contribution >= 0.6 is 11.8 Å². The van der Waals surface area contributed by atoms with Crippen LogP contribution in [-0.2, 0) is 4.79 Å². The van der Waals surface area contributed by atoms with E-state index >= 15 is 0 Å². The van der Waals surface area contributed by atoms with Gasteiger partial charge in [0.2, 0.25) is 0 Å². The average Bonchev–Trinajstić information content (AvgIpc) is 3.15. The van der Waals surface area contributed by atoms with Crippen molar-refractivity contribution < 1.29 is 9.59 Å². The van der Waals surface area contributed by atoms with Crippen LogP contribution in [0.4, 0.5) is 10.5 Å². The molecule has 2 saturated heterocycles. The molecule has 2 aliphatic heterocycles. The Kier molecular flexibility index (Phi) is 6.34. The SMILES string of the molecule is CCCN1CCN(c2ccc(-c3cccc4cnc(C=C5SC(=O)NC5=O)nc34)cc2C)CC1. The molecule has 1 N–H and O–H groups in total. The van der Waals surface area contributed by atoms with Crippen molar-refractivity contribution in [3.63, 3.8) is 0 Å². The van der Waals surface area contributed by atoms with Gasteiger partial charge in [-0.3, -0.25) is 19.8 Å². The maximum absolute atomic E-state index is 11.9. The Bertz CT molecular complexity index is 1300. The number of anilines is 1. The van der Waals surface area contributed by atoms with Gasteiger partial charge in [0.15, 0.2) is 5.82 Å². The summed E-state index contributed by atoms with van der Waals surface area (Å²) in [6.45, 7) is 9.89. The first kappa shape index (κ1) is 22.6. The lowest BCUT2D eigenvalue weighted by atomic mass is 9.99. The predicted molar refractivity (Wildman–Crippen MR) is 138 cm³/mol. The molecule has 34 heavy (non-hydrogen) atoms. The number of carbonyl (C=O) groups excluding carboxylic acids is 2. The maximum Gasteiger partial charge on any atom is 0.290 e. The highest BCUT2D eigenvalue weighted by Crippen LogP contribution is 2.32. The van der Waals surface area contributed by atoms with Gasteiger partial charge >= 0.3 is 0 Å². The van der Waals surface area contributed by atoms with Gasteiger partial charge in [-0.1, -0.05) is 31.2 Å². The van der Waals surface area contributed by atoms with Crippen LogP contribution in [0.25, 0.3) is 28.1 Å². The minimum absolute atomic E-state index is 0.307. The third-order valence-corrected chi connectivity index (χ3v) is 7.10. The van der Waals surface area contributed by atoms with Crippen LogP contribution in [0.5, 0.6) is 0 Å². The van der Waals surface area contributed by atoms with Crippen molar-refractivity contribution >= 4 is 45.6 Å². The molecule has 0 atom stereocenters. The van der Waals surface area contributed by atoms with Gasteiger partial charge in [-0.15, -0.1) is 0 Å². The van der Waals surface area contributed by atoms with Crippen LogP contribution < -0.4 is 10.2 Å². The van der Waals surface area contributed by atoms with Crippen LogP contribution in [0, 0.1) is 6.92 Å². The second-order valence-corrected chi connectivity index (χ2v) is 9.67. The van der Waals surface area contributed by atoms with Gasteiger partial charge in [-0.05, 0) is 54.9 Å². The Balaban J connectivity index is 1.45. The van der Waals surface area contributed by atoms with Crippen molar-refractivity contribution in [3.05, 3.63) is 58.9 Å². The number of imide groups is 1. The molecule has 2 fully saturated rings. The minimum atomic E-state index is -0.409. The number of nitrogens with one attached hydrogen (secondary N) is 1. The van der Waals surface area contributed by atoms with Crippen LogP contribution in [-0.4, -0.2) is 58.7 Å². The van der Waals surface area contributed by atoms with E-state index < -0.39 is 5.91 Å². The molecule has 0 radical (unpaired) electrons. The molecular formula is C26H27N5O2S. The molecular weight excluding hydrogens is 446 g/mol. The largest absolute Gasteiger partial charge is 0.369 e. The zero-order valence-electron chi connectivity index (χ0n) is 19.4. The van der Waals surface area contributed by atoms with E-state index in [4.69, 9.17) is 4.98 Å². The number of fused-ring (bicyclic) bond motifs is 1. The molecule has 8 heteroatoms. The molecule has 2 amide bonds. The standard InChI is InChI=1S/C26H27N5O2S/c1-3-9-30-10-12-31(13-11-30)21-8-7-18(14-17(21)2)20-6-4-5-19-16-27-23(28-24(19)20)15-22-25(32)29-26(33)34-22/h4-8,14-16H,3,9-13H2,1-2H3,(H,29,32,33). The summed E-state index contributed by atoms with van der Waals surface area (Å²) in [6.07, 6.45) is 4.52. The lowest BCUT2D eigenvalue weighted by molar-refractivity contribution is -0.115. The van der Waals surface area contributed by atoms with Gasteiger partial charge in [0.1, 0.15) is 0 Å². The van der Waals surface area contributed by atoms with Crippen molar-refractivity contribution in [2.75, 3.05) is 37.6 Å². The average molecular weight is 474 g/mol. The summed E-state index contributed by atoms with van der Waals surface area (Å²) in [5, 5.41) is 2.81. The fraction of sp³-hybridized carbons (Fsp3) is 0.308. The van der Waals surface area contributed by atoms with E-state index in [9.17, 15) is 9.59 Å². The Hall–Kier alpha value is -3.23. The van der Waals surface area contributed by atoms with Crippen molar-refractivity contribution in [2.24, 2.45) is 0 Å². The predicted octanol–water partition coefficient (Wildman–Crippen LogP) is 4.46. The Labute approximate surface area is 203 Å². The summed E-state index contributed by atoms with van der Waals surface area (Å²) >= 11 is 0.868. The summed E-state index contributed by atoms with van der Waals surface area (Å²) in [6, 6.07) is 12.6. The minimum Gasteiger partial charge on any atom is -0.369 e. The van der Waals surface area contributed by atoms with E-state index in [2.05, 4.69) is 58.2 Å². The highest BCUT2D eigenvalue weighted by molar-refractivity contribution is 8.18. The molecule has 2 aliphatic rings. The zero-order chi connectivity index (χ0) is 23.7. The van der Waals surface area contributed by atoms with Crippen molar-refractivity contribution in [1.29, 1.82) is 0 Å². The van der Waals surface area contributed by atoms with Crippen LogP contribution in [0.1, 0.15) is 24.7 Å². The van der Waals surface area contributed by atoms with E-state index in [1.165, 1.54) is 24.2 Å². The Morgan fingerprint density at radius 1 is 1.12 bits per heavy atom. The van der Waals surface area contributed by atoms with Gasteiger partial charge < -0.3 is 4.90 Å². The first-order valence-corrected chi connectivity index (χ1v) is 12.4. The van der Waals surface area contributed by atoms with Gasteiger partial charge in [-0.2, -0.15) is 0 Å². The summed E-state index contributed by atoms with van der Waals surface area (Å²) in [5.41, 5.74) is 5.46. The fourth-order valence-corrected chi connectivity index (χ4v) is 5.27. The number of thioether (sulfide) groups is 1. The second kappa shape index (κ2) is 9.56. The molecule has 0 unspecified atom stereocenters. The molecule has 3 heterocycles. The van der Waals surface area contributed by atoms with Gasteiger partial charge in [-0.25, -0.2) is 9.97 Å². The third-order valence-electron chi connectivity index (χ3n) is 6.29. The molecule has 3 aromatic rings. The number of piperazine rings is 1. The highest BCUT2D eigenvalue weighted by Gasteiger charge is 2.25. The first-order valence-electron chi connectivity index (χ1n) is 11.6. The number of aromatic nitrogens is 2. The van der Waals surface area contributed by atoms with Crippen molar-refractivity contribution in [3.8, 4) is 11.1 Å². The topological polar surface area (TPSA) is 78.4 Å². The third kappa shape index (κ3) is 4.56. The Morgan fingerprint density at radius 3 is 2.65 bits per heavy atom. The number of para-hydroxylation sites is 1. The molecule has 2 aromatic carbocycles. The number of carbonyl (C=O) groups is 2. The lowest BCUT2D eigenvalue weighted by Gasteiger charge is -2.36. The van der Waals surface area contributed by atoms with E-state index in [1.54, 1.807) is 12.3 Å². The molecule has 5 rings (SSSR count). The van der Waals surface area contributed by atoms with Crippen LogP contribution in [0.3, 0.4) is 0 Å².